The van der Waals surface area contributed by atoms with Crippen LogP contribution in [0.5, 0.6) is 0 Å². The molecule has 5 nitrogen and oxygen atoms in total. The molecule has 0 unspecified atom stereocenters. The van der Waals surface area contributed by atoms with E-state index in [0.717, 1.165) is 37.7 Å². The molecule has 1 aliphatic rings. The van der Waals surface area contributed by atoms with Crippen LogP contribution in [0.2, 0.25) is 0 Å². The van der Waals surface area contributed by atoms with Gasteiger partial charge in [-0.3, -0.25) is 4.28 Å². The van der Waals surface area contributed by atoms with E-state index in [0.29, 0.717) is 6.42 Å². The fraction of sp³-hybridized carbons (Fsp3) is 0.667. The van der Waals surface area contributed by atoms with Crippen LogP contribution in [-0.4, -0.2) is 19.9 Å². The van der Waals surface area contributed by atoms with Gasteiger partial charge in [0.2, 0.25) is 0 Å². The number of allylic oxidation sites excluding steroid dienone is 2. The summed E-state index contributed by atoms with van der Waals surface area (Å²) < 4.78 is 27.4. The van der Waals surface area contributed by atoms with Gasteiger partial charge in [0.25, 0.3) is 0 Å². The van der Waals surface area contributed by atoms with E-state index < -0.39 is 10.1 Å². The Morgan fingerprint density at radius 3 is 2.89 bits per heavy atom. The molecule has 0 aromatic rings. The second kappa shape index (κ2) is 7.17. The highest BCUT2D eigenvalue weighted by Crippen LogP contribution is 2.18. The van der Waals surface area contributed by atoms with Gasteiger partial charge < -0.3 is 0 Å². The Kier molecular flexibility index (Phi) is 5.86. The van der Waals surface area contributed by atoms with E-state index in [4.69, 9.17) is 5.26 Å². The summed E-state index contributed by atoms with van der Waals surface area (Å²) >= 11 is 0. The maximum Gasteiger partial charge on any atom is 0.328 e. The molecule has 0 saturated carbocycles. The molecule has 0 radical (unpaired) electrons. The predicted molar refractivity (Wildman–Crippen MR) is 69.4 cm³/mol. The SMILES string of the molecule is CCCCS(=O)(=O)ON=C(C#N)C1=CCCCC1. The molecular formula is C12H18N2O3S. The van der Waals surface area contributed by atoms with Crippen molar-refractivity contribution in [3.8, 4) is 6.07 Å². The van der Waals surface area contributed by atoms with Gasteiger partial charge in [0.05, 0.1) is 5.75 Å². The smallest absolute Gasteiger partial charge is 0.267 e. The van der Waals surface area contributed by atoms with Crippen LogP contribution in [0.25, 0.3) is 0 Å². The van der Waals surface area contributed by atoms with Crippen LogP contribution in [0.4, 0.5) is 0 Å². The second-order valence-electron chi connectivity index (χ2n) is 4.22. The number of hydrogen-bond acceptors (Lipinski definition) is 5. The molecule has 1 rings (SSSR count). The molecule has 1 aliphatic carbocycles. The molecule has 0 amide bonds. The fourth-order valence-electron chi connectivity index (χ4n) is 1.66. The van der Waals surface area contributed by atoms with Gasteiger partial charge in [0.1, 0.15) is 6.07 Å². The summed E-state index contributed by atoms with van der Waals surface area (Å²) in [4.78, 5) is 0. The largest absolute Gasteiger partial charge is 0.328 e. The molecule has 0 N–H and O–H groups in total. The van der Waals surface area contributed by atoms with Crippen molar-refractivity contribution >= 4 is 15.8 Å². The Bertz CT molecular complexity index is 472. The second-order valence-corrected chi connectivity index (χ2v) is 5.89. The van der Waals surface area contributed by atoms with Crippen LogP contribution >= 0.6 is 0 Å². The first-order valence-corrected chi connectivity index (χ1v) is 7.75. The molecule has 0 bridgehead atoms. The van der Waals surface area contributed by atoms with E-state index in [1.165, 1.54) is 0 Å². The summed E-state index contributed by atoms with van der Waals surface area (Å²) in [6.45, 7) is 1.90. The summed E-state index contributed by atoms with van der Waals surface area (Å²) in [7, 11) is -3.65. The third-order valence-corrected chi connectivity index (χ3v) is 3.78. The Labute approximate surface area is 108 Å². The van der Waals surface area contributed by atoms with E-state index in [1.54, 1.807) is 0 Å². The lowest BCUT2D eigenvalue weighted by molar-refractivity contribution is 0.338. The van der Waals surface area contributed by atoms with E-state index in [2.05, 4.69) is 9.44 Å². The molecule has 0 fully saturated rings. The van der Waals surface area contributed by atoms with Crippen LogP contribution in [0, 0.1) is 11.3 Å². The minimum absolute atomic E-state index is 0.0647. The zero-order valence-electron chi connectivity index (χ0n) is 10.6. The summed E-state index contributed by atoms with van der Waals surface area (Å²) in [5.41, 5.74) is 0.865. The molecule has 0 atom stereocenters. The van der Waals surface area contributed by atoms with Crippen molar-refractivity contribution in [2.24, 2.45) is 5.16 Å². The van der Waals surface area contributed by atoms with Crippen LogP contribution in [0.1, 0.15) is 45.4 Å². The Hall–Kier alpha value is -1.35. The molecule has 6 heteroatoms. The van der Waals surface area contributed by atoms with Crippen molar-refractivity contribution in [3.63, 3.8) is 0 Å². The first kappa shape index (κ1) is 14.7. The zero-order chi connectivity index (χ0) is 13.4. The minimum atomic E-state index is -3.65. The molecule has 0 aromatic carbocycles. The zero-order valence-corrected chi connectivity index (χ0v) is 11.4. The summed E-state index contributed by atoms with van der Waals surface area (Å²) in [6.07, 6.45) is 6.97. The van der Waals surface area contributed by atoms with E-state index in [9.17, 15) is 8.42 Å². The molecule has 0 saturated heterocycles. The van der Waals surface area contributed by atoms with Gasteiger partial charge in [-0.15, -0.1) is 0 Å². The van der Waals surface area contributed by atoms with Gasteiger partial charge in [-0.25, -0.2) is 0 Å². The molecule has 0 aromatic heterocycles. The van der Waals surface area contributed by atoms with E-state index in [-0.39, 0.29) is 11.5 Å². The topological polar surface area (TPSA) is 79.5 Å². The standard InChI is InChI=1S/C12H18N2O3S/c1-2-3-9-18(15,16)17-14-12(10-13)11-7-5-4-6-8-11/h7H,2-6,8-9H2,1H3. The van der Waals surface area contributed by atoms with Crippen molar-refractivity contribution in [1.82, 2.24) is 0 Å². The first-order chi connectivity index (χ1) is 8.59. The number of unbranched alkanes of at least 4 members (excludes halogenated alkanes) is 1. The number of hydrogen-bond donors (Lipinski definition) is 0. The highest BCUT2D eigenvalue weighted by Gasteiger charge is 2.14. The lowest BCUT2D eigenvalue weighted by atomic mass is 9.97. The summed E-state index contributed by atoms with van der Waals surface area (Å²) in [6, 6.07) is 1.89. The number of nitrogens with zero attached hydrogens (tertiary/aromatic N) is 2. The van der Waals surface area contributed by atoms with Crippen molar-refractivity contribution in [3.05, 3.63) is 11.6 Å². The maximum atomic E-state index is 11.4. The highest BCUT2D eigenvalue weighted by molar-refractivity contribution is 7.86. The van der Waals surface area contributed by atoms with E-state index in [1.807, 2.05) is 19.1 Å². The summed E-state index contributed by atoms with van der Waals surface area (Å²) in [5, 5.41) is 12.4. The Morgan fingerprint density at radius 1 is 1.56 bits per heavy atom. The minimum Gasteiger partial charge on any atom is -0.267 e. The lowest BCUT2D eigenvalue weighted by Gasteiger charge is -2.10. The predicted octanol–water partition coefficient (Wildman–Crippen LogP) is 2.51. The molecule has 0 spiro atoms. The molecular weight excluding hydrogens is 252 g/mol. The van der Waals surface area contributed by atoms with Crippen LogP contribution in [0.15, 0.2) is 16.8 Å². The van der Waals surface area contributed by atoms with Crippen molar-refractivity contribution in [2.45, 2.75) is 45.4 Å². The molecule has 18 heavy (non-hydrogen) atoms. The third-order valence-electron chi connectivity index (χ3n) is 2.69. The number of rotatable bonds is 6. The quantitative estimate of drug-likeness (QED) is 0.548. The van der Waals surface area contributed by atoms with Crippen LogP contribution in [0.3, 0.4) is 0 Å². The molecule has 0 aliphatic heterocycles. The average molecular weight is 270 g/mol. The highest BCUT2D eigenvalue weighted by atomic mass is 32.2. The normalized spacial score (nSPS) is 16.9. The number of nitriles is 1. The maximum absolute atomic E-state index is 11.4. The van der Waals surface area contributed by atoms with Gasteiger partial charge in [0.15, 0.2) is 5.71 Å². The van der Waals surface area contributed by atoms with Gasteiger partial charge in [0, 0.05) is 0 Å². The Morgan fingerprint density at radius 2 is 2.33 bits per heavy atom. The first-order valence-electron chi connectivity index (χ1n) is 6.18. The van der Waals surface area contributed by atoms with Crippen molar-refractivity contribution in [1.29, 1.82) is 5.26 Å². The summed E-state index contributed by atoms with van der Waals surface area (Å²) in [5.74, 6) is -0.0647. The van der Waals surface area contributed by atoms with Crippen molar-refractivity contribution in [2.75, 3.05) is 5.75 Å². The molecule has 100 valence electrons. The fourth-order valence-corrected chi connectivity index (χ4v) is 2.56. The van der Waals surface area contributed by atoms with E-state index >= 15 is 0 Å². The third kappa shape index (κ3) is 4.88. The molecule has 0 heterocycles. The van der Waals surface area contributed by atoms with Gasteiger partial charge >= 0.3 is 10.1 Å². The van der Waals surface area contributed by atoms with Crippen LogP contribution in [-0.2, 0) is 14.4 Å². The lowest BCUT2D eigenvalue weighted by Crippen LogP contribution is -2.10. The van der Waals surface area contributed by atoms with Crippen molar-refractivity contribution < 1.29 is 12.7 Å². The number of oxime groups is 1. The average Bonchev–Trinajstić information content (AvgIpc) is 2.38. The van der Waals surface area contributed by atoms with Gasteiger partial charge in [-0.05, 0) is 37.7 Å². The van der Waals surface area contributed by atoms with Crippen LogP contribution < -0.4 is 0 Å². The van der Waals surface area contributed by atoms with Gasteiger partial charge in [-0.2, -0.15) is 13.7 Å². The monoisotopic (exact) mass is 270 g/mol. The van der Waals surface area contributed by atoms with Gasteiger partial charge in [-0.1, -0.05) is 24.6 Å². The Balaban J connectivity index is 2.69.